The topological polar surface area (TPSA) is 30.0 Å². The minimum atomic E-state index is 0.244. The van der Waals surface area contributed by atoms with Gasteiger partial charge in [0.05, 0.1) is 0 Å². The molecule has 0 bridgehead atoms. The number of carbonyl (C=O) groups is 1. The van der Waals surface area contributed by atoms with Crippen LogP contribution in [0, 0.1) is 0 Å². The Bertz CT molecular complexity index is 220. The third kappa shape index (κ3) is 3.53. The molecule has 1 rings (SSSR count). The van der Waals surface area contributed by atoms with Crippen molar-refractivity contribution in [2.75, 3.05) is 5.75 Å². The Labute approximate surface area is 74.0 Å². The van der Waals surface area contributed by atoms with Crippen molar-refractivity contribution in [3.8, 4) is 0 Å². The molecule has 0 amide bonds. The monoisotopic (exact) mass is 187 g/mol. The summed E-state index contributed by atoms with van der Waals surface area (Å²) in [7, 11) is 0. The fraction of sp³-hybridized carbons (Fsp3) is 0.429. The van der Waals surface area contributed by atoms with Crippen molar-refractivity contribution in [3.05, 3.63) is 11.6 Å². The van der Waals surface area contributed by atoms with Gasteiger partial charge in [-0.1, -0.05) is 11.8 Å². The van der Waals surface area contributed by atoms with Crippen LogP contribution in [0.15, 0.2) is 15.9 Å². The highest BCUT2D eigenvalue weighted by Gasteiger charge is 1.97. The van der Waals surface area contributed by atoms with Gasteiger partial charge in [-0.25, -0.2) is 4.98 Å². The maximum atomic E-state index is 10.5. The normalized spacial score (nSPS) is 9.91. The van der Waals surface area contributed by atoms with Gasteiger partial charge >= 0.3 is 0 Å². The van der Waals surface area contributed by atoms with E-state index in [9.17, 15) is 4.79 Å². The Balaban J connectivity index is 2.19. The summed E-state index contributed by atoms with van der Waals surface area (Å²) >= 11 is 3.26. The van der Waals surface area contributed by atoms with E-state index in [1.807, 2.05) is 5.38 Å². The third-order valence-corrected chi connectivity index (χ3v) is 3.06. The van der Waals surface area contributed by atoms with E-state index >= 15 is 0 Å². The molecular weight excluding hydrogens is 178 g/mol. The van der Waals surface area contributed by atoms with Gasteiger partial charge in [-0.3, -0.25) is 4.79 Å². The molecule has 0 atom stereocenters. The number of thioether (sulfide) groups is 1. The summed E-state index contributed by atoms with van der Waals surface area (Å²) in [6, 6.07) is 0. The smallest absolute Gasteiger partial charge is 0.149 e. The van der Waals surface area contributed by atoms with Gasteiger partial charge < -0.3 is 0 Å². The second-order valence-electron chi connectivity index (χ2n) is 2.10. The molecule has 0 unspecified atom stereocenters. The number of carbonyl (C=O) groups excluding carboxylic acids is 1. The SMILES string of the molecule is CC(=O)CCSc1nccs1. The van der Waals surface area contributed by atoms with Gasteiger partial charge in [0.2, 0.25) is 0 Å². The first-order chi connectivity index (χ1) is 5.29. The highest BCUT2D eigenvalue weighted by Crippen LogP contribution is 2.20. The highest BCUT2D eigenvalue weighted by atomic mass is 32.2. The predicted octanol–water partition coefficient (Wildman–Crippen LogP) is 2.21. The first kappa shape index (κ1) is 8.74. The molecule has 0 aliphatic heterocycles. The van der Waals surface area contributed by atoms with Crippen molar-refractivity contribution < 1.29 is 4.79 Å². The van der Waals surface area contributed by atoms with Gasteiger partial charge in [-0.2, -0.15) is 0 Å². The van der Waals surface area contributed by atoms with Gasteiger partial charge in [-0.05, 0) is 6.92 Å². The largest absolute Gasteiger partial charge is 0.300 e. The van der Waals surface area contributed by atoms with E-state index in [1.54, 1.807) is 36.2 Å². The maximum Gasteiger partial charge on any atom is 0.149 e. The van der Waals surface area contributed by atoms with E-state index in [2.05, 4.69) is 4.98 Å². The molecule has 0 aromatic carbocycles. The lowest BCUT2D eigenvalue weighted by atomic mass is 10.4. The average Bonchev–Trinajstić information content (AvgIpc) is 2.39. The standard InChI is InChI=1S/C7H9NOS2/c1-6(9)2-4-10-7-8-3-5-11-7/h3,5H,2,4H2,1H3. The molecule has 0 saturated carbocycles. The van der Waals surface area contributed by atoms with Crippen molar-refractivity contribution in [1.82, 2.24) is 4.98 Å². The second-order valence-corrected chi connectivity index (χ2v) is 4.34. The number of hydrogen-bond acceptors (Lipinski definition) is 4. The van der Waals surface area contributed by atoms with Gasteiger partial charge in [-0.15, -0.1) is 11.3 Å². The molecule has 1 heterocycles. The van der Waals surface area contributed by atoms with Crippen LogP contribution in [-0.4, -0.2) is 16.5 Å². The van der Waals surface area contributed by atoms with Crippen molar-refractivity contribution in [2.45, 2.75) is 17.7 Å². The molecule has 4 heteroatoms. The van der Waals surface area contributed by atoms with Gasteiger partial charge in [0.1, 0.15) is 10.1 Å². The quantitative estimate of drug-likeness (QED) is 0.677. The number of hydrogen-bond donors (Lipinski definition) is 0. The zero-order valence-corrected chi connectivity index (χ0v) is 7.87. The summed E-state index contributed by atoms with van der Waals surface area (Å²) in [5.41, 5.74) is 0. The first-order valence-corrected chi connectivity index (χ1v) is 5.17. The van der Waals surface area contributed by atoms with Crippen LogP contribution in [0.1, 0.15) is 13.3 Å². The summed E-state index contributed by atoms with van der Waals surface area (Å²) in [4.78, 5) is 14.6. The highest BCUT2D eigenvalue weighted by molar-refractivity contribution is 8.01. The molecule has 11 heavy (non-hydrogen) atoms. The van der Waals surface area contributed by atoms with E-state index in [-0.39, 0.29) is 5.78 Å². The van der Waals surface area contributed by atoms with E-state index in [4.69, 9.17) is 0 Å². The van der Waals surface area contributed by atoms with Crippen molar-refractivity contribution in [2.24, 2.45) is 0 Å². The number of ketones is 1. The summed E-state index contributed by atoms with van der Waals surface area (Å²) in [5, 5.41) is 1.94. The Hall–Kier alpha value is -0.350. The van der Waals surface area contributed by atoms with Crippen LogP contribution in [0.5, 0.6) is 0 Å². The number of Topliss-reactive ketones (excluding diaryl/α,β-unsaturated/α-hetero) is 1. The Morgan fingerprint density at radius 1 is 1.82 bits per heavy atom. The predicted molar refractivity (Wildman–Crippen MR) is 48.1 cm³/mol. The summed E-state index contributed by atoms with van der Waals surface area (Å²) in [6.45, 7) is 1.61. The maximum absolute atomic E-state index is 10.5. The molecule has 60 valence electrons. The number of nitrogens with zero attached hydrogens (tertiary/aromatic N) is 1. The zero-order chi connectivity index (χ0) is 8.10. The van der Waals surface area contributed by atoms with E-state index in [0.717, 1.165) is 10.1 Å². The summed E-state index contributed by atoms with van der Waals surface area (Å²) in [6.07, 6.45) is 2.42. The fourth-order valence-electron chi connectivity index (χ4n) is 0.564. The Kier molecular flexibility index (Phi) is 3.59. The summed E-state index contributed by atoms with van der Waals surface area (Å²) in [5.74, 6) is 1.09. The van der Waals surface area contributed by atoms with Crippen LogP contribution >= 0.6 is 23.1 Å². The Morgan fingerprint density at radius 2 is 2.64 bits per heavy atom. The zero-order valence-electron chi connectivity index (χ0n) is 6.24. The molecule has 1 aromatic rings. The van der Waals surface area contributed by atoms with Crippen LogP contribution in [0.3, 0.4) is 0 Å². The molecule has 0 aliphatic rings. The van der Waals surface area contributed by atoms with Crippen LogP contribution in [0.4, 0.5) is 0 Å². The fourth-order valence-corrected chi connectivity index (χ4v) is 2.31. The molecule has 0 N–H and O–H groups in total. The molecule has 2 nitrogen and oxygen atoms in total. The minimum absolute atomic E-state index is 0.244. The van der Waals surface area contributed by atoms with Gasteiger partial charge in [0.15, 0.2) is 0 Å². The molecule has 1 aromatic heterocycles. The molecule has 0 saturated heterocycles. The van der Waals surface area contributed by atoms with E-state index in [1.165, 1.54) is 0 Å². The van der Waals surface area contributed by atoms with E-state index < -0.39 is 0 Å². The molecular formula is C7H9NOS2. The van der Waals surface area contributed by atoms with Crippen molar-refractivity contribution >= 4 is 28.9 Å². The van der Waals surface area contributed by atoms with Gasteiger partial charge in [0.25, 0.3) is 0 Å². The number of thiazole rings is 1. The van der Waals surface area contributed by atoms with Crippen LogP contribution in [0.2, 0.25) is 0 Å². The minimum Gasteiger partial charge on any atom is -0.300 e. The lowest BCUT2D eigenvalue weighted by Gasteiger charge is -1.92. The molecule has 0 fully saturated rings. The molecule has 0 radical (unpaired) electrons. The Morgan fingerprint density at radius 3 is 3.18 bits per heavy atom. The lowest BCUT2D eigenvalue weighted by Crippen LogP contribution is -1.90. The first-order valence-electron chi connectivity index (χ1n) is 3.31. The van der Waals surface area contributed by atoms with Crippen LogP contribution in [0.25, 0.3) is 0 Å². The number of rotatable bonds is 4. The lowest BCUT2D eigenvalue weighted by molar-refractivity contribution is -0.116. The van der Waals surface area contributed by atoms with Crippen LogP contribution in [-0.2, 0) is 4.79 Å². The average molecular weight is 187 g/mol. The van der Waals surface area contributed by atoms with Crippen molar-refractivity contribution in [1.29, 1.82) is 0 Å². The van der Waals surface area contributed by atoms with Crippen molar-refractivity contribution in [3.63, 3.8) is 0 Å². The van der Waals surface area contributed by atoms with Crippen LogP contribution < -0.4 is 0 Å². The third-order valence-electron chi connectivity index (χ3n) is 1.09. The molecule has 0 spiro atoms. The number of aromatic nitrogens is 1. The second kappa shape index (κ2) is 4.51. The van der Waals surface area contributed by atoms with E-state index in [0.29, 0.717) is 6.42 Å². The molecule has 0 aliphatic carbocycles. The van der Waals surface area contributed by atoms with Gasteiger partial charge in [0, 0.05) is 23.8 Å². The summed E-state index contributed by atoms with van der Waals surface area (Å²) < 4.78 is 1.05.